The molecule has 2 rings (SSSR count). The lowest BCUT2D eigenvalue weighted by Crippen LogP contribution is -2.27. The van der Waals surface area contributed by atoms with Gasteiger partial charge in [-0.15, -0.1) is 0 Å². The maximum Gasteiger partial charge on any atom is 0.344 e. The third kappa shape index (κ3) is 2.48. The van der Waals surface area contributed by atoms with Crippen LogP contribution in [0.25, 0.3) is 0 Å². The molecule has 4 nitrogen and oxygen atoms in total. The fourth-order valence-electron chi connectivity index (χ4n) is 2.36. The van der Waals surface area contributed by atoms with Gasteiger partial charge in [0.2, 0.25) is 0 Å². The van der Waals surface area contributed by atoms with E-state index in [0.717, 1.165) is 30.4 Å². The first-order valence-corrected chi connectivity index (χ1v) is 6.32. The summed E-state index contributed by atoms with van der Waals surface area (Å²) in [5.74, 6) is -0.355. The van der Waals surface area contributed by atoms with E-state index in [4.69, 9.17) is 9.84 Å². The van der Waals surface area contributed by atoms with E-state index >= 15 is 0 Å². The van der Waals surface area contributed by atoms with Crippen molar-refractivity contribution in [2.45, 2.75) is 44.8 Å². The minimum atomic E-state index is -0.952. The summed E-state index contributed by atoms with van der Waals surface area (Å²) < 4.78 is 5.56. The fraction of sp³-hybridized carbons (Fsp3) is 0.500. The summed E-state index contributed by atoms with van der Waals surface area (Å²) in [7, 11) is 0. The summed E-state index contributed by atoms with van der Waals surface area (Å²) >= 11 is 0. The lowest BCUT2D eigenvalue weighted by molar-refractivity contribution is -0.145. The molecule has 0 aromatic heterocycles. The second kappa shape index (κ2) is 5.40. The van der Waals surface area contributed by atoms with Crippen LogP contribution in [0.15, 0.2) is 18.2 Å². The molecule has 2 N–H and O–H groups in total. The first-order valence-electron chi connectivity index (χ1n) is 6.32. The summed E-state index contributed by atoms with van der Waals surface area (Å²) in [5, 5.41) is 18.9. The van der Waals surface area contributed by atoms with Gasteiger partial charge in [0, 0.05) is 0 Å². The number of fused-ring (bicyclic) bond motifs is 1. The van der Waals surface area contributed by atoms with E-state index in [2.05, 4.69) is 0 Å². The summed E-state index contributed by atoms with van der Waals surface area (Å²) in [5.41, 5.74) is 1.83. The number of rotatable bonds is 4. The summed E-state index contributed by atoms with van der Waals surface area (Å²) in [6, 6.07) is 5.47. The van der Waals surface area contributed by atoms with E-state index in [1.165, 1.54) is 0 Å². The van der Waals surface area contributed by atoms with Crippen molar-refractivity contribution in [1.29, 1.82) is 0 Å². The number of aliphatic hydroxyl groups is 1. The van der Waals surface area contributed by atoms with Crippen LogP contribution in [0.2, 0.25) is 0 Å². The Hall–Kier alpha value is -1.55. The van der Waals surface area contributed by atoms with Crippen LogP contribution in [0.3, 0.4) is 0 Å². The van der Waals surface area contributed by atoms with Gasteiger partial charge in [-0.3, -0.25) is 0 Å². The predicted octanol–water partition coefficient (Wildman–Crippen LogP) is 2.30. The Balaban J connectivity index is 2.28. The molecular formula is C14H18O4. The molecule has 1 aromatic carbocycles. The van der Waals surface area contributed by atoms with E-state index < -0.39 is 18.2 Å². The van der Waals surface area contributed by atoms with E-state index in [9.17, 15) is 9.90 Å². The van der Waals surface area contributed by atoms with Gasteiger partial charge in [-0.25, -0.2) is 4.79 Å². The van der Waals surface area contributed by atoms with Crippen molar-refractivity contribution in [3.63, 3.8) is 0 Å². The minimum absolute atomic E-state index is 0.418. The molecule has 0 fully saturated rings. The Morgan fingerprint density at radius 1 is 1.56 bits per heavy atom. The van der Waals surface area contributed by atoms with Crippen molar-refractivity contribution in [2.24, 2.45) is 0 Å². The maximum atomic E-state index is 11.0. The summed E-state index contributed by atoms with van der Waals surface area (Å²) in [4.78, 5) is 11.0. The van der Waals surface area contributed by atoms with Gasteiger partial charge < -0.3 is 14.9 Å². The minimum Gasteiger partial charge on any atom is -0.479 e. The highest BCUT2D eigenvalue weighted by Gasteiger charge is 2.24. The van der Waals surface area contributed by atoms with Crippen molar-refractivity contribution in [3.8, 4) is 5.75 Å². The highest BCUT2D eigenvalue weighted by atomic mass is 16.5. The molecule has 0 saturated carbocycles. The molecule has 0 amide bonds. The van der Waals surface area contributed by atoms with Crippen molar-refractivity contribution in [3.05, 3.63) is 29.3 Å². The zero-order valence-corrected chi connectivity index (χ0v) is 10.4. The highest BCUT2D eigenvalue weighted by molar-refractivity contribution is 5.72. The summed E-state index contributed by atoms with van der Waals surface area (Å²) in [6.07, 6.45) is 1.63. The predicted molar refractivity (Wildman–Crippen MR) is 66.7 cm³/mol. The molecule has 18 heavy (non-hydrogen) atoms. The zero-order valence-electron chi connectivity index (χ0n) is 10.4. The van der Waals surface area contributed by atoms with Crippen molar-refractivity contribution in [1.82, 2.24) is 0 Å². The zero-order chi connectivity index (χ0) is 13.1. The molecule has 0 bridgehead atoms. The molecule has 0 saturated heterocycles. The molecule has 98 valence electrons. The van der Waals surface area contributed by atoms with Gasteiger partial charge >= 0.3 is 5.97 Å². The van der Waals surface area contributed by atoms with Crippen LogP contribution in [-0.2, 0) is 11.2 Å². The summed E-state index contributed by atoms with van der Waals surface area (Å²) in [6.45, 7) is 1.78. The van der Waals surface area contributed by atoms with Crippen LogP contribution in [0, 0.1) is 0 Å². The molecule has 0 heterocycles. The van der Waals surface area contributed by atoms with Crippen LogP contribution in [0.1, 0.15) is 43.4 Å². The third-order valence-electron chi connectivity index (χ3n) is 3.35. The van der Waals surface area contributed by atoms with Gasteiger partial charge in [-0.2, -0.15) is 0 Å². The smallest absolute Gasteiger partial charge is 0.344 e. The second-order valence-electron chi connectivity index (χ2n) is 4.58. The molecular weight excluding hydrogens is 232 g/mol. The lowest BCUT2D eigenvalue weighted by atomic mass is 9.89. The second-order valence-corrected chi connectivity index (χ2v) is 4.58. The van der Waals surface area contributed by atoms with Gasteiger partial charge in [0.25, 0.3) is 0 Å². The Labute approximate surface area is 106 Å². The largest absolute Gasteiger partial charge is 0.479 e. The molecule has 4 heteroatoms. The third-order valence-corrected chi connectivity index (χ3v) is 3.35. The van der Waals surface area contributed by atoms with Crippen molar-refractivity contribution in [2.75, 3.05) is 0 Å². The number of benzene rings is 1. The average Bonchev–Trinajstić information content (AvgIpc) is 2.36. The van der Waals surface area contributed by atoms with Gasteiger partial charge in [-0.1, -0.05) is 19.1 Å². The number of aliphatic carboxylic acids is 1. The highest BCUT2D eigenvalue weighted by Crippen LogP contribution is 2.35. The average molecular weight is 250 g/mol. The monoisotopic (exact) mass is 250 g/mol. The van der Waals surface area contributed by atoms with Gasteiger partial charge in [-0.05, 0) is 42.9 Å². The Kier molecular flexibility index (Phi) is 3.87. The van der Waals surface area contributed by atoms with E-state index in [1.54, 1.807) is 19.1 Å². The molecule has 0 radical (unpaired) electrons. The van der Waals surface area contributed by atoms with Crippen molar-refractivity contribution >= 4 is 5.97 Å². The molecule has 2 unspecified atom stereocenters. The number of carbonyl (C=O) groups is 1. The standard InChI is InChI=1S/C14H18O4/c1-2-12(14(16)17)18-13-8-4-5-9-10(13)6-3-7-11(9)15/h4-5,8,11-12,15H,2-3,6-7H2,1H3,(H,16,17). The molecule has 1 aromatic rings. The topological polar surface area (TPSA) is 66.8 Å². The fourth-order valence-corrected chi connectivity index (χ4v) is 2.36. The van der Waals surface area contributed by atoms with Gasteiger partial charge in [0.15, 0.2) is 6.10 Å². The van der Waals surface area contributed by atoms with Crippen LogP contribution < -0.4 is 4.74 Å². The maximum absolute atomic E-state index is 11.0. The first-order chi connectivity index (χ1) is 8.63. The number of aliphatic hydroxyl groups excluding tert-OH is 1. The molecule has 0 aliphatic heterocycles. The molecule has 2 atom stereocenters. The number of carboxylic acid groups (broad SMARTS) is 1. The van der Waals surface area contributed by atoms with Gasteiger partial charge in [0.1, 0.15) is 5.75 Å². The van der Waals surface area contributed by atoms with Crippen LogP contribution >= 0.6 is 0 Å². The normalized spacial score (nSPS) is 20.0. The molecule has 1 aliphatic rings. The molecule has 0 spiro atoms. The van der Waals surface area contributed by atoms with Gasteiger partial charge in [0.05, 0.1) is 6.10 Å². The number of hydrogen-bond acceptors (Lipinski definition) is 3. The van der Waals surface area contributed by atoms with E-state index in [-0.39, 0.29) is 0 Å². The Morgan fingerprint density at radius 2 is 2.33 bits per heavy atom. The number of hydrogen-bond donors (Lipinski definition) is 2. The van der Waals surface area contributed by atoms with Crippen LogP contribution in [-0.4, -0.2) is 22.3 Å². The molecule has 1 aliphatic carbocycles. The SMILES string of the molecule is CCC(Oc1cccc2c1CCCC2O)C(=O)O. The Morgan fingerprint density at radius 3 is 3.00 bits per heavy atom. The van der Waals surface area contributed by atoms with Crippen LogP contribution in [0.4, 0.5) is 0 Å². The van der Waals surface area contributed by atoms with Crippen molar-refractivity contribution < 1.29 is 19.7 Å². The Bertz CT molecular complexity index is 441. The number of ether oxygens (including phenoxy) is 1. The van der Waals surface area contributed by atoms with Crippen LogP contribution in [0.5, 0.6) is 5.75 Å². The van der Waals surface area contributed by atoms with E-state index in [1.807, 2.05) is 6.07 Å². The first kappa shape index (κ1) is 12.9. The lowest BCUT2D eigenvalue weighted by Gasteiger charge is -2.24. The quantitative estimate of drug-likeness (QED) is 0.860. The number of carboxylic acids is 1. The van der Waals surface area contributed by atoms with E-state index in [0.29, 0.717) is 12.2 Å².